The standard InChI is InChI=1S/C46H69NO12/c1-26-19-35-40-37(24-44(57-40)30(5)18-27(2)25-47-44)55-43(22-26,54-35)23-29(4)39-28(3)13-15-45(51,58-39)41(50)36-21-34-33(52-36)20-31(6)46(56-34)17-16-42(59-46)14-9-11-32(53-42)10-7-8-12-38(48)49/h7,9-11,26-28,30-37,39-41,47,50-51H,4,8,12-25H2,1-3,5-6H3,(H,48,49)/b10-7+/t26-,27+,28-,30-,31+,32+,33+,34+,35+,36?,37+,39-,40+,41+,42-,43-,44-,45+,46+/m0/s1. The van der Waals surface area contributed by atoms with Crippen molar-refractivity contribution in [2.75, 3.05) is 6.54 Å². The lowest BCUT2D eigenvalue weighted by Crippen LogP contribution is -2.60. The Morgan fingerprint density at radius 3 is 2.51 bits per heavy atom. The van der Waals surface area contributed by atoms with Crippen LogP contribution in [-0.4, -0.2) is 112 Å². The van der Waals surface area contributed by atoms with Crippen LogP contribution in [-0.2, 0) is 42.7 Å². The number of carbonyl (C=O) groups is 1. The Balaban J connectivity index is 0.831. The first-order valence-corrected chi connectivity index (χ1v) is 22.8. The third-order valence-electron chi connectivity index (χ3n) is 15.5. The van der Waals surface area contributed by atoms with Crippen LogP contribution in [0.25, 0.3) is 0 Å². The first-order valence-electron chi connectivity index (χ1n) is 22.8. The summed E-state index contributed by atoms with van der Waals surface area (Å²) in [7, 11) is 0. The van der Waals surface area contributed by atoms with Gasteiger partial charge in [-0.2, -0.15) is 0 Å². The van der Waals surface area contributed by atoms with Gasteiger partial charge >= 0.3 is 5.97 Å². The van der Waals surface area contributed by atoms with Crippen molar-refractivity contribution in [1.29, 1.82) is 0 Å². The van der Waals surface area contributed by atoms with Crippen molar-refractivity contribution in [2.45, 2.75) is 208 Å². The van der Waals surface area contributed by atoms with Crippen LogP contribution < -0.4 is 5.32 Å². The summed E-state index contributed by atoms with van der Waals surface area (Å²) in [6.07, 6.45) is 12.5. The maximum absolute atomic E-state index is 12.2. The highest BCUT2D eigenvalue weighted by Gasteiger charge is 2.64. The number of nitrogens with one attached hydrogen (secondary N) is 1. The zero-order valence-electron chi connectivity index (χ0n) is 35.7. The fourth-order valence-electron chi connectivity index (χ4n) is 12.4. The zero-order valence-corrected chi connectivity index (χ0v) is 35.7. The molecule has 330 valence electrons. The van der Waals surface area contributed by atoms with Gasteiger partial charge in [-0.1, -0.05) is 65.5 Å². The number of hydrogen-bond acceptors (Lipinski definition) is 12. The molecule has 0 saturated carbocycles. The largest absolute Gasteiger partial charge is 0.481 e. The van der Waals surface area contributed by atoms with E-state index >= 15 is 0 Å². The van der Waals surface area contributed by atoms with Crippen molar-refractivity contribution in [2.24, 2.45) is 29.6 Å². The minimum absolute atomic E-state index is 0.00556. The SMILES string of the molecule is C=C(C[C@@]12C[C@@H](C)C[C@@H](O1)[C@H]1O[C@]3(C[C@H]1O2)NC[C@H](C)C[C@@H]3C)[C@H]1O[C@@](O)([C@H](O)C2C[C@H]3O[C@@]4(CC[C@]5(CC=C[C@@H](/C=C/CCC(=O)O)O5)O4)[C@H](C)C[C@H]3O2)CC[C@@H]1C. The maximum Gasteiger partial charge on any atom is 0.303 e. The van der Waals surface area contributed by atoms with E-state index in [4.69, 9.17) is 43.0 Å². The van der Waals surface area contributed by atoms with Gasteiger partial charge in [0.1, 0.15) is 17.9 Å². The molecule has 2 bridgehead atoms. The average molecular weight is 828 g/mol. The van der Waals surface area contributed by atoms with Crippen LogP contribution in [0.15, 0.2) is 36.5 Å². The number of piperidine rings is 1. The second-order valence-electron chi connectivity index (χ2n) is 20.4. The minimum atomic E-state index is -1.84. The lowest BCUT2D eigenvalue weighted by atomic mass is 9.79. The van der Waals surface area contributed by atoms with Crippen molar-refractivity contribution in [3.05, 3.63) is 36.5 Å². The highest BCUT2D eigenvalue weighted by Crippen LogP contribution is 2.55. The number of carboxylic acid groups (broad SMARTS) is 1. The number of allylic oxidation sites excluding steroid dienone is 1. The first-order chi connectivity index (χ1) is 28.0. The molecule has 0 aromatic carbocycles. The molecule has 0 aromatic heterocycles. The Hall–Kier alpha value is -1.75. The molecule has 8 saturated heterocycles. The van der Waals surface area contributed by atoms with Gasteiger partial charge in [0.25, 0.3) is 0 Å². The van der Waals surface area contributed by atoms with Crippen LogP contribution in [0.3, 0.4) is 0 Å². The Morgan fingerprint density at radius 2 is 1.71 bits per heavy atom. The molecule has 59 heavy (non-hydrogen) atoms. The summed E-state index contributed by atoms with van der Waals surface area (Å²) in [5.41, 5.74) is 0.397. The Bertz CT molecular complexity index is 1660. The van der Waals surface area contributed by atoms with Gasteiger partial charge < -0.3 is 53.2 Å². The number of aliphatic hydroxyl groups excluding tert-OH is 1. The van der Waals surface area contributed by atoms with Crippen molar-refractivity contribution in [3.8, 4) is 0 Å². The Kier molecular flexibility index (Phi) is 11.4. The summed E-state index contributed by atoms with van der Waals surface area (Å²) in [6.45, 7) is 16.5. The predicted octanol–water partition coefficient (Wildman–Crippen LogP) is 6.01. The molecule has 0 aliphatic carbocycles. The normalized spacial score (nSPS) is 52.3. The third kappa shape index (κ3) is 7.96. The second-order valence-corrected chi connectivity index (χ2v) is 20.4. The summed E-state index contributed by atoms with van der Waals surface area (Å²) in [5, 5.41) is 36.8. The first kappa shape index (κ1) is 42.5. The number of aliphatic carboxylic acids is 1. The number of fused-ring (bicyclic) bond motifs is 5. The molecule has 0 aromatic rings. The van der Waals surface area contributed by atoms with Gasteiger partial charge in [0.2, 0.25) is 0 Å². The third-order valence-corrected chi connectivity index (χ3v) is 15.5. The Morgan fingerprint density at radius 1 is 0.898 bits per heavy atom. The fourth-order valence-corrected chi connectivity index (χ4v) is 12.4. The van der Waals surface area contributed by atoms with E-state index < -0.39 is 53.2 Å². The lowest BCUT2D eigenvalue weighted by Gasteiger charge is -2.52. The smallest absolute Gasteiger partial charge is 0.303 e. The molecule has 9 aliphatic rings. The van der Waals surface area contributed by atoms with E-state index in [0.717, 1.165) is 37.8 Å². The van der Waals surface area contributed by atoms with E-state index in [2.05, 4.69) is 52.6 Å². The van der Waals surface area contributed by atoms with E-state index in [1.807, 2.05) is 18.2 Å². The molecule has 19 atom stereocenters. The molecule has 9 aliphatic heterocycles. The molecule has 4 N–H and O–H groups in total. The summed E-state index contributed by atoms with van der Waals surface area (Å²) >= 11 is 0. The number of carboxylic acids is 1. The average Bonchev–Trinajstić information content (AvgIpc) is 3.86. The topological polar surface area (TPSA) is 164 Å². The van der Waals surface area contributed by atoms with Crippen molar-refractivity contribution >= 4 is 5.97 Å². The summed E-state index contributed by atoms with van der Waals surface area (Å²) in [4.78, 5) is 10.9. The molecule has 1 unspecified atom stereocenters. The molecule has 0 amide bonds. The predicted molar refractivity (Wildman–Crippen MR) is 214 cm³/mol. The number of rotatable bonds is 9. The van der Waals surface area contributed by atoms with E-state index in [1.165, 1.54) is 0 Å². The van der Waals surface area contributed by atoms with Crippen molar-refractivity contribution in [1.82, 2.24) is 5.32 Å². The van der Waals surface area contributed by atoms with Crippen LogP contribution in [0.1, 0.15) is 125 Å². The molecule has 8 fully saturated rings. The van der Waals surface area contributed by atoms with Gasteiger partial charge in [-0.3, -0.25) is 10.1 Å². The van der Waals surface area contributed by atoms with Crippen LogP contribution >= 0.6 is 0 Å². The highest BCUT2D eigenvalue weighted by molar-refractivity contribution is 5.66. The monoisotopic (exact) mass is 827 g/mol. The molecule has 13 heteroatoms. The van der Waals surface area contributed by atoms with E-state index in [1.54, 1.807) is 0 Å². The quantitative estimate of drug-likeness (QED) is 0.200. The van der Waals surface area contributed by atoms with Crippen LogP contribution in [0.2, 0.25) is 0 Å². The highest BCUT2D eigenvalue weighted by atomic mass is 16.8. The van der Waals surface area contributed by atoms with Gasteiger partial charge in [-0.15, -0.1) is 0 Å². The molecule has 9 rings (SSSR count). The lowest BCUT2D eigenvalue weighted by molar-refractivity contribution is -0.366. The van der Waals surface area contributed by atoms with Crippen molar-refractivity contribution in [3.63, 3.8) is 0 Å². The minimum Gasteiger partial charge on any atom is -0.481 e. The zero-order chi connectivity index (χ0) is 41.5. The molecule has 13 nitrogen and oxygen atoms in total. The molecule has 9 heterocycles. The summed E-state index contributed by atoms with van der Waals surface area (Å²) in [6, 6.07) is 0. The van der Waals surface area contributed by atoms with E-state index in [-0.39, 0.29) is 61.3 Å². The fraction of sp³-hybridized carbons (Fsp3) is 0.848. The van der Waals surface area contributed by atoms with Gasteiger partial charge in [0, 0.05) is 70.3 Å². The van der Waals surface area contributed by atoms with Gasteiger partial charge in [0.05, 0.1) is 42.7 Å². The van der Waals surface area contributed by atoms with Crippen LogP contribution in [0.5, 0.6) is 0 Å². The summed E-state index contributed by atoms with van der Waals surface area (Å²) < 4.78 is 53.9. The van der Waals surface area contributed by atoms with Gasteiger partial charge in [-0.25, -0.2) is 0 Å². The van der Waals surface area contributed by atoms with E-state index in [9.17, 15) is 15.0 Å². The van der Waals surface area contributed by atoms with E-state index in [0.29, 0.717) is 69.1 Å². The number of aliphatic hydroxyl groups is 2. The second kappa shape index (κ2) is 15.8. The van der Waals surface area contributed by atoms with Gasteiger partial charge in [-0.05, 0) is 61.3 Å². The Labute approximate surface area is 349 Å². The molecule has 3 spiro atoms. The van der Waals surface area contributed by atoms with Gasteiger partial charge in [0.15, 0.2) is 23.1 Å². The summed E-state index contributed by atoms with van der Waals surface area (Å²) in [5.74, 6) is -3.82. The number of hydrogen-bond donors (Lipinski definition) is 4. The maximum atomic E-state index is 12.2. The molecular weight excluding hydrogens is 759 g/mol. The number of ether oxygens (including phenoxy) is 8. The van der Waals surface area contributed by atoms with Crippen LogP contribution in [0.4, 0.5) is 0 Å². The molecule has 0 radical (unpaired) electrons. The van der Waals surface area contributed by atoms with Crippen LogP contribution in [0, 0.1) is 29.6 Å². The van der Waals surface area contributed by atoms with Crippen molar-refractivity contribution < 1.29 is 58.0 Å². The molecular formula is C46H69NO12.